The Kier molecular flexibility index (Phi) is 6.58. The van der Waals surface area contributed by atoms with Gasteiger partial charge in [-0.15, -0.1) is 0 Å². The first-order valence-corrected chi connectivity index (χ1v) is 19.0. The minimum Gasteiger partial charge on any atom is -0.294 e. The number of hydrogen-bond acceptors (Lipinski definition) is 4. The van der Waals surface area contributed by atoms with Crippen molar-refractivity contribution >= 4 is 21.9 Å². The van der Waals surface area contributed by atoms with Gasteiger partial charge in [-0.1, -0.05) is 131 Å². The van der Waals surface area contributed by atoms with Gasteiger partial charge in [0.1, 0.15) is 5.65 Å². The first-order chi connectivity index (χ1) is 26.8. The van der Waals surface area contributed by atoms with Gasteiger partial charge in [-0.2, -0.15) is 0 Å². The second-order valence-corrected chi connectivity index (χ2v) is 15.9. The summed E-state index contributed by atoms with van der Waals surface area (Å²) in [5.74, 6) is 1.99. The lowest BCUT2D eigenvalue weighted by molar-refractivity contribution is 0.660. The van der Waals surface area contributed by atoms with Crippen LogP contribution in [0.1, 0.15) is 49.9 Å². The molecule has 0 bridgehead atoms. The molecule has 6 aromatic carbocycles. The van der Waals surface area contributed by atoms with Crippen LogP contribution in [0.5, 0.6) is 0 Å². The number of para-hydroxylation sites is 1. The average Bonchev–Trinajstić information content (AvgIpc) is 3.77. The number of fused-ring (bicyclic) bond motifs is 9. The summed E-state index contributed by atoms with van der Waals surface area (Å²) in [5, 5.41) is 2.37. The van der Waals surface area contributed by atoms with Crippen molar-refractivity contribution in [2.75, 3.05) is 0 Å². The SMILES string of the molecule is CC1(C)c2ccccc2-c2cc(-c3nc(-c4ccccc4)nc(-c4ccc5c(c4)C(C)(C)c4cc(-n6c7ccccc7c7cccnc76)ccc4-5)n3)ccc21. The number of rotatable bonds is 4. The van der Waals surface area contributed by atoms with Crippen molar-refractivity contribution in [2.24, 2.45) is 0 Å². The maximum absolute atomic E-state index is 5.21. The van der Waals surface area contributed by atoms with E-state index in [1.807, 2.05) is 30.5 Å². The summed E-state index contributed by atoms with van der Waals surface area (Å²) in [4.78, 5) is 20.3. The molecule has 3 aromatic heterocycles. The fourth-order valence-electron chi connectivity index (χ4n) is 9.27. The van der Waals surface area contributed by atoms with Crippen LogP contribution >= 0.6 is 0 Å². The van der Waals surface area contributed by atoms with Crippen molar-refractivity contribution in [3.63, 3.8) is 0 Å². The summed E-state index contributed by atoms with van der Waals surface area (Å²) in [6, 6.07) is 52.0. The van der Waals surface area contributed by atoms with E-state index in [1.165, 1.54) is 49.9 Å². The number of nitrogens with zero attached hydrogens (tertiary/aromatic N) is 5. The minimum absolute atomic E-state index is 0.0696. The highest BCUT2D eigenvalue weighted by molar-refractivity contribution is 6.07. The molecule has 5 nitrogen and oxygen atoms in total. The molecule has 262 valence electrons. The highest BCUT2D eigenvalue weighted by atomic mass is 15.0. The Hall–Kier alpha value is -6.72. The third kappa shape index (κ3) is 4.59. The Morgan fingerprint density at radius 2 is 1.00 bits per heavy atom. The standard InChI is InChI=1S/C50H37N5/c1-49(2)40-18-10-8-15-34(40)39-27-31(21-25-41(39)49)46-52-45(30-13-6-5-7-14-30)53-47(54-46)32-20-23-35-36-24-22-33(29-43(36)50(3,4)42(35)28-32)55-44-19-11-9-16-37(44)38-17-12-26-51-48(38)55/h5-29H,1-4H3. The molecule has 3 heterocycles. The summed E-state index contributed by atoms with van der Waals surface area (Å²) in [7, 11) is 0. The first-order valence-electron chi connectivity index (χ1n) is 19.0. The lowest BCUT2D eigenvalue weighted by atomic mass is 9.81. The Balaban J connectivity index is 1.04. The van der Waals surface area contributed by atoms with Gasteiger partial charge in [-0.3, -0.25) is 4.57 Å². The van der Waals surface area contributed by atoms with Gasteiger partial charge in [0.2, 0.25) is 0 Å². The van der Waals surface area contributed by atoms with Gasteiger partial charge >= 0.3 is 0 Å². The zero-order valence-electron chi connectivity index (χ0n) is 31.2. The summed E-state index contributed by atoms with van der Waals surface area (Å²) in [5.41, 5.74) is 16.1. The fourth-order valence-corrected chi connectivity index (χ4v) is 9.27. The maximum Gasteiger partial charge on any atom is 0.164 e. The summed E-state index contributed by atoms with van der Waals surface area (Å²) in [6.07, 6.45) is 1.88. The molecule has 0 saturated carbocycles. The van der Waals surface area contributed by atoms with Crippen LogP contribution in [0.25, 0.3) is 84.0 Å². The van der Waals surface area contributed by atoms with Crippen LogP contribution in [0.3, 0.4) is 0 Å². The van der Waals surface area contributed by atoms with E-state index in [0.717, 1.165) is 38.9 Å². The van der Waals surface area contributed by atoms with E-state index in [1.54, 1.807) is 0 Å². The average molecular weight is 708 g/mol. The highest BCUT2D eigenvalue weighted by Crippen LogP contribution is 2.51. The van der Waals surface area contributed by atoms with E-state index in [-0.39, 0.29) is 10.8 Å². The van der Waals surface area contributed by atoms with E-state index in [0.29, 0.717) is 17.5 Å². The Bertz CT molecular complexity index is 2990. The third-order valence-corrected chi connectivity index (χ3v) is 12.1. The number of benzene rings is 6. The molecule has 0 N–H and O–H groups in total. The Morgan fingerprint density at radius 3 is 1.82 bits per heavy atom. The zero-order valence-corrected chi connectivity index (χ0v) is 31.2. The molecule has 2 aliphatic rings. The molecule has 0 spiro atoms. The van der Waals surface area contributed by atoms with Crippen LogP contribution in [-0.4, -0.2) is 24.5 Å². The lowest BCUT2D eigenvalue weighted by Gasteiger charge is -2.23. The van der Waals surface area contributed by atoms with Gasteiger partial charge in [-0.05, 0) is 87.0 Å². The van der Waals surface area contributed by atoms with Crippen LogP contribution in [0, 0.1) is 0 Å². The van der Waals surface area contributed by atoms with Gasteiger partial charge in [0.05, 0.1) is 5.52 Å². The molecule has 2 aliphatic carbocycles. The summed E-state index contributed by atoms with van der Waals surface area (Å²) >= 11 is 0. The third-order valence-electron chi connectivity index (χ3n) is 12.1. The van der Waals surface area contributed by atoms with Crippen molar-refractivity contribution in [3.05, 3.63) is 174 Å². The van der Waals surface area contributed by atoms with Gasteiger partial charge in [-0.25, -0.2) is 19.9 Å². The van der Waals surface area contributed by atoms with Crippen molar-refractivity contribution in [1.82, 2.24) is 24.5 Å². The first kappa shape index (κ1) is 31.8. The molecule has 0 aliphatic heterocycles. The van der Waals surface area contributed by atoms with Crippen molar-refractivity contribution in [3.8, 4) is 62.1 Å². The lowest BCUT2D eigenvalue weighted by Crippen LogP contribution is -2.15. The molecule has 11 rings (SSSR count). The van der Waals surface area contributed by atoms with Crippen molar-refractivity contribution < 1.29 is 0 Å². The number of pyridine rings is 1. The van der Waals surface area contributed by atoms with Crippen LogP contribution in [0.15, 0.2) is 152 Å². The molecule has 0 unspecified atom stereocenters. The molecule has 0 amide bonds. The second kappa shape index (κ2) is 11.4. The molecule has 55 heavy (non-hydrogen) atoms. The summed E-state index contributed by atoms with van der Waals surface area (Å²) < 4.78 is 2.30. The topological polar surface area (TPSA) is 56.5 Å². The molecule has 0 atom stereocenters. The highest BCUT2D eigenvalue weighted by Gasteiger charge is 2.37. The van der Waals surface area contributed by atoms with Gasteiger partial charge in [0.25, 0.3) is 0 Å². The number of hydrogen-bond donors (Lipinski definition) is 0. The second-order valence-electron chi connectivity index (χ2n) is 15.9. The monoisotopic (exact) mass is 707 g/mol. The van der Waals surface area contributed by atoms with E-state index in [9.17, 15) is 0 Å². The molecule has 5 heteroatoms. The van der Waals surface area contributed by atoms with E-state index in [4.69, 9.17) is 19.9 Å². The number of aromatic nitrogens is 5. The predicted octanol–water partition coefficient (Wildman–Crippen LogP) is 12.0. The molecule has 0 fully saturated rings. The molecule has 0 saturated heterocycles. The maximum atomic E-state index is 5.21. The van der Waals surface area contributed by atoms with E-state index >= 15 is 0 Å². The van der Waals surface area contributed by atoms with Crippen molar-refractivity contribution in [2.45, 2.75) is 38.5 Å². The molecular formula is C50H37N5. The van der Waals surface area contributed by atoms with Crippen LogP contribution in [0.2, 0.25) is 0 Å². The summed E-state index contributed by atoms with van der Waals surface area (Å²) in [6.45, 7) is 9.27. The van der Waals surface area contributed by atoms with Crippen LogP contribution < -0.4 is 0 Å². The Labute approximate surface area is 320 Å². The van der Waals surface area contributed by atoms with E-state index < -0.39 is 0 Å². The van der Waals surface area contributed by atoms with Gasteiger partial charge < -0.3 is 0 Å². The normalized spacial score (nSPS) is 14.5. The molecule has 0 radical (unpaired) electrons. The Morgan fingerprint density at radius 1 is 0.418 bits per heavy atom. The van der Waals surface area contributed by atoms with Crippen molar-refractivity contribution in [1.29, 1.82) is 0 Å². The quantitative estimate of drug-likeness (QED) is 0.183. The largest absolute Gasteiger partial charge is 0.294 e. The van der Waals surface area contributed by atoms with Gasteiger partial charge in [0, 0.05) is 50.2 Å². The fraction of sp³-hybridized carbons (Fsp3) is 0.120. The minimum atomic E-state index is -0.263. The zero-order chi connectivity index (χ0) is 37.1. The van der Waals surface area contributed by atoms with E-state index in [2.05, 4.69) is 154 Å². The van der Waals surface area contributed by atoms with Crippen LogP contribution in [0.4, 0.5) is 0 Å². The van der Waals surface area contributed by atoms with Gasteiger partial charge in [0.15, 0.2) is 17.5 Å². The predicted molar refractivity (Wildman–Crippen MR) is 223 cm³/mol. The van der Waals surface area contributed by atoms with Crippen LogP contribution in [-0.2, 0) is 10.8 Å². The molecule has 9 aromatic rings. The smallest absolute Gasteiger partial charge is 0.164 e. The molecular weight excluding hydrogens is 671 g/mol.